The van der Waals surface area contributed by atoms with Crippen molar-refractivity contribution in [3.05, 3.63) is 53.9 Å². The number of amides is 1. The second kappa shape index (κ2) is 8.30. The first kappa shape index (κ1) is 17.7. The molecule has 25 heavy (non-hydrogen) atoms. The zero-order valence-electron chi connectivity index (χ0n) is 15.1. The molecule has 1 amide bonds. The Balaban J connectivity index is 1.50. The normalized spacial score (nSPS) is 18.5. The maximum atomic E-state index is 12.8. The van der Waals surface area contributed by atoms with Gasteiger partial charge in [0.25, 0.3) is 0 Å². The van der Waals surface area contributed by atoms with Crippen LogP contribution in [0.4, 0.5) is 0 Å². The van der Waals surface area contributed by atoms with Gasteiger partial charge in [0.15, 0.2) is 0 Å². The summed E-state index contributed by atoms with van der Waals surface area (Å²) in [7, 11) is 0. The molecule has 0 spiro atoms. The van der Waals surface area contributed by atoms with Crippen LogP contribution in [0.25, 0.3) is 0 Å². The van der Waals surface area contributed by atoms with Crippen molar-refractivity contribution in [3.8, 4) is 0 Å². The van der Waals surface area contributed by atoms with Crippen LogP contribution in [0.2, 0.25) is 0 Å². The number of carbonyl (C=O) groups excluding carboxylic acids is 1. The van der Waals surface area contributed by atoms with E-state index in [4.69, 9.17) is 4.74 Å². The van der Waals surface area contributed by atoms with Gasteiger partial charge in [0.05, 0.1) is 37.9 Å². The molecule has 0 saturated carbocycles. The third kappa shape index (κ3) is 4.69. The molecule has 0 unspecified atom stereocenters. The minimum absolute atomic E-state index is 0.122. The number of aromatic nitrogens is 2. The number of benzene rings is 1. The van der Waals surface area contributed by atoms with Crippen molar-refractivity contribution < 1.29 is 9.53 Å². The molecule has 1 saturated heterocycles. The molecule has 1 fully saturated rings. The number of aryl methyl sites for hydroxylation is 1. The van der Waals surface area contributed by atoms with Gasteiger partial charge in [-0.1, -0.05) is 37.3 Å². The fraction of sp³-hybridized carbons (Fsp3) is 0.500. The maximum absolute atomic E-state index is 12.8. The van der Waals surface area contributed by atoms with E-state index in [1.807, 2.05) is 66.2 Å². The van der Waals surface area contributed by atoms with Crippen molar-refractivity contribution in [1.29, 1.82) is 0 Å². The highest BCUT2D eigenvalue weighted by Crippen LogP contribution is 2.21. The molecule has 2 atom stereocenters. The average molecular weight is 341 g/mol. The van der Waals surface area contributed by atoms with E-state index < -0.39 is 0 Å². The molecule has 3 rings (SSSR count). The van der Waals surface area contributed by atoms with E-state index in [-0.39, 0.29) is 17.9 Å². The molecule has 5 nitrogen and oxygen atoms in total. The summed E-state index contributed by atoms with van der Waals surface area (Å²) in [6, 6.07) is 10.3. The third-order valence-electron chi connectivity index (χ3n) is 4.72. The molecule has 134 valence electrons. The van der Waals surface area contributed by atoms with Crippen molar-refractivity contribution in [2.45, 2.75) is 45.9 Å². The highest BCUT2D eigenvalue weighted by atomic mass is 16.5. The molecular formula is C20H27N3O2. The quantitative estimate of drug-likeness (QED) is 0.778. The minimum Gasteiger partial charge on any atom is -0.376 e. The van der Waals surface area contributed by atoms with E-state index >= 15 is 0 Å². The Morgan fingerprint density at radius 2 is 2.16 bits per heavy atom. The standard InChI is InChI=1S/C20H27N3O2/c1-16-11-21-22(12-16)13-19-9-6-10-23(19)20(24)17(2)14-25-15-18-7-4-3-5-8-18/h3-5,7-8,11-12,17,19H,6,9-10,13-15H2,1-2H3/t17-,19+/m1/s1. The average Bonchev–Trinajstić information content (AvgIpc) is 3.24. The van der Waals surface area contributed by atoms with E-state index in [1.54, 1.807) is 0 Å². The van der Waals surface area contributed by atoms with Crippen molar-refractivity contribution >= 4 is 5.91 Å². The number of nitrogens with zero attached hydrogens (tertiary/aromatic N) is 3. The summed E-state index contributed by atoms with van der Waals surface area (Å²) in [5.74, 6) is 0.0723. The lowest BCUT2D eigenvalue weighted by atomic mass is 10.1. The zero-order valence-corrected chi connectivity index (χ0v) is 15.1. The van der Waals surface area contributed by atoms with Crippen LogP contribution in [0.15, 0.2) is 42.7 Å². The number of likely N-dealkylation sites (tertiary alicyclic amines) is 1. The van der Waals surface area contributed by atoms with Crippen LogP contribution in [-0.4, -0.2) is 39.8 Å². The van der Waals surface area contributed by atoms with E-state index in [1.165, 1.54) is 0 Å². The van der Waals surface area contributed by atoms with Crippen LogP contribution in [0.1, 0.15) is 30.9 Å². The lowest BCUT2D eigenvalue weighted by molar-refractivity contribution is -0.138. The largest absolute Gasteiger partial charge is 0.376 e. The molecular weight excluding hydrogens is 314 g/mol. The van der Waals surface area contributed by atoms with Crippen LogP contribution in [-0.2, 0) is 22.7 Å². The smallest absolute Gasteiger partial charge is 0.228 e. The Morgan fingerprint density at radius 3 is 2.88 bits per heavy atom. The first-order valence-electron chi connectivity index (χ1n) is 9.04. The van der Waals surface area contributed by atoms with Crippen molar-refractivity contribution in [3.63, 3.8) is 0 Å². The Hall–Kier alpha value is -2.14. The van der Waals surface area contributed by atoms with Gasteiger partial charge in [-0.25, -0.2) is 0 Å². The predicted molar refractivity (Wildman–Crippen MR) is 97.0 cm³/mol. The number of rotatable bonds is 7. The van der Waals surface area contributed by atoms with Gasteiger partial charge >= 0.3 is 0 Å². The van der Waals surface area contributed by atoms with Crippen molar-refractivity contribution in [1.82, 2.24) is 14.7 Å². The fourth-order valence-electron chi connectivity index (χ4n) is 3.38. The van der Waals surface area contributed by atoms with Crippen LogP contribution >= 0.6 is 0 Å². The molecule has 0 radical (unpaired) electrons. The minimum atomic E-state index is -0.122. The van der Waals surface area contributed by atoms with E-state index in [0.717, 1.165) is 37.1 Å². The maximum Gasteiger partial charge on any atom is 0.228 e. The highest BCUT2D eigenvalue weighted by Gasteiger charge is 2.31. The summed E-state index contributed by atoms with van der Waals surface area (Å²) in [4.78, 5) is 14.8. The van der Waals surface area contributed by atoms with Crippen LogP contribution in [0, 0.1) is 12.8 Å². The van der Waals surface area contributed by atoms with Crippen LogP contribution in [0.3, 0.4) is 0 Å². The molecule has 5 heteroatoms. The molecule has 1 aromatic heterocycles. The SMILES string of the molecule is Cc1cnn(C[C@@H]2CCCN2C(=O)[C@H](C)COCc2ccccc2)c1. The molecule has 1 aliphatic heterocycles. The molecule has 1 aromatic carbocycles. The molecule has 1 aliphatic rings. The summed E-state index contributed by atoms with van der Waals surface area (Å²) in [5.41, 5.74) is 2.29. The predicted octanol–water partition coefficient (Wildman–Crippen LogP) is 3.04. The Morgan fingerprint density at radius 1 is 1.36 bits per heavy atom. The summed E-state index contributed by atoms with van der Waals surface area (Å²) in [6.07, 6.45) is 6.00. The lowest BCUT2D eigenvalue weighted by Crippen LogP contribution is -2.42. The van der Waals surface area contributed by atoms with Gasteiger partial charge in [0, 0.05) is 12.7 Å². The summed E-state index contributed by atoms with van der Waals surface area (Å²) in [6.45, 7) is 6.62. The first-order valence-corrected chi connectivity index (χ1v) is 9.04. The molecule has 0 aliphatic carbocycles. The molecule has 0 bridgehead atoms. The first-order chi connectivity index (χ1) is 12.1. The molecule has 0 N–H and O–H groups in total. The zero-order chi connectivity index (χ0) is 17.6. The Labute approximate surface area is 149 Å². The van der Waals surface area contributed by atoms with E-state index in [2.05, 4.69) is 5.10 Å². The summed E-state index contributed by atoms with van der Waals surface area (Å²) >= 11 is 0. The van der Waals surface area contributed by atoms with E-state index in [9.17, 15) is 4.79 Å². The Kier molecular flexibility index (Phi) is 5.87. The number of hydrogen-bond acceptors (Lipinski definition) is 3. The van der Waals surface area contributed by atoms with Crippen LogP contribution in [0.5, 0.6) is 0 Å². The van der Waals surface area contributed by atoms with Gasteiger partial charge < -0.3 is 9.64 Å². The highest BCUT2D eigenvalue weighted by molar-refractivity contribution is 5.79. The van der Waals surface area contributed by atoms with Gasteiger partial charge in [-0.2, -0.15) is 5.10 Å². The third-order valence-corrected chi connectivity index (χ3v) is 4.72. The second-order valence-corrected chi connectivity index (χ2v) is 6.97. The number of ether oxygens (including phenoxy) is 1. The lowest BCUT2D eigenvalue weighted by Gasteiger charge is -2.27. The van der Waals surface area contributed by atoms with Gasteiger partial charge in [0.2, 0.25) is 5.91 Å². The summed E-state index contributed by atoms with van der Waals surface area (Å²) < 4.78 is 7.70. The van der Waals surface area contributed by atoms with Crippen LogP contribution < -0.4 is 0 Å². The summed E-state index contributed by atoms with van der Waals surface area (Å²) in [5, 5.41) is 4.36. The van der Waals surface area contributed by atoms with Gasteiger partial charge in [0.1, 0.15) is 0 Å². The monoisotopic (exact) mass is 341 g/mol. The fourth-order valence-corrected chi connectivity index (χ4v) is 3.38. The Bertz CT molecular complexity index is 683. The number of carbonyl (C=O) groups is 1. The topological polar surface area (TPSA) is 47.4 Å². The van der Waals surface area contributed by atoms with E-state index in [0.29, 0.717) is 13.2 Å². The number of hydrogen-bond donors (Lipinski definition) is 0. The van der Waals surface area contributed by atoms with Crippen molar-refractivity contribution in [2.75, 3.05) is 13.2 Å². The van der Waals surface area contributed by atoms with Gasteiger partial charge in [-0.05, 0) is 30.9 Å². The van der Waals surface area contributed by atoms with Gasteiger partial charge in [-0.3, -0.25) is 9.48 Å². The molecule has 2 heterocycles. The molecule has 2 aromatic rings. The van der Waals surface area contributed by atoms with Gasteiger partial charge in [-0.15, -0.1) is 0 Å². The second-order valence-electron chi connectivity index (χ2n) is 6.97. The van der Waals surface area contributed by atoms with Crippen molar-refractivity contribution in [2.24, 2.45) is 5.92 Å².